The van der Waals surface area contributed by atoms with Gasteiger partial charge in [0.25, 0.3) is 22.7 Å². The monoisotopic (exact) mass is 653 g/mol. The Bertz CT molecular complexity index is 1730. The molecule has 1 unspecified atom stereocenters. The Hall–Kier alpha value is -5.13. The summed E-state index contributed by atoms with van der Waals surface area (Å²) in [4.78, 5) is 66.2. The molecule has 0 radical (unpaired) electrons. The third-order valence-electron chi connectivity index (χ3n) is 7.49. The molecule has 1 aromatic heterocycles. The first-order valence-electron chi connectivity index (χ1n) is 15.3. The second-order valence-electron chi connectivity index (χ2n) is 11.7. The van der Waals surface area contributed by atoms with Gasteiger partial charge in [0.05, 0.1) is 36.8 Å². The Labute approximate surface area is 269 Å². The van der Waals surface area contributed by atoms with Crippen LogP contribution in [0.25, 0.3) is 10.9 Å². The van der Waals surface area contributed by atoms with E-state index in [9.17, 15) is 32.8 Å². The zero-order chi connectivity index (χ0) is 34.1. The zero-order valence-electron chi connectivity index (χ0n) is 26.2. The number of carbonyl (C=O) groups excluding carboxylic acids is 3. The molecule has 1 aliphatic heterocycles. The van der Waals surface area contributed by atoms with E-state index in [2.05, 4.69) is 26.3 Å². The van der Waals surface area contributed by atoms with Gasteiger partial charge in [0.1, 0.15) is 23.2 Å². The molecule has 4 N–H and O–H groups in total. The SMILES string of the molecule is CC(C)CC(=O)NCCNc1c(NCCCCOc2ccc3nccc(C(=O)NCC(=O)N4CC(F)(F)CC4C#N)c3c2)c(=O)c1=O. The quantitative estimate of drug-likeness (QED) is 0.132. The van der Waals surface area contributed by atoms with Crippen LogP contribution in [0.3, 0.4) is 0 Å². The number of carbonyl (C=O) groups is 3. The highest BCUT2D eigenvalue weighted by molar-refractivity contribution is 6.07. The van der Waals surface area contributed by atoms with Gasteiger partial charge >= 0.3 is 0 Å². The van der Waals surface area contributed by atoms with E-state index >= 15 is 0 Å². The van der Waals surface area contributed by atoms with Crippen molar-refractivity contribution in [2.24, 2.45) is 5.92 Å². The van der Waals surface area contributed by atoms with Crippen LogP contribution in [0.2, 0.25) is 0 Å². The van der Waals surface area contributed by atoms with Gasteiger partial charge in [-0.1, -0.05) is 13.8 Å². The van der Waals surface area contributed by atoms with Gasteiger partial charge in [-0.3, -0.25) is 29.0 Å². The number of unbranched alkanes of at least 4 members (excludes halogenated alkanes) is 1. The Kier molecular flexibility index (Phi) is 11.4. The number of likely N-dealkylation sites (tertiary alicyclic amines) is 1. The number of nitriles is 1. The fraction of sp³-hybridized carbons (Fsp3) is 0.469. The standard InChI is InChI=1S/C32H37F2N7O6/c1-19(2)13-25(42)37-10-11-39-28-27(29(44)30(28)45)38-8-3-4-12-47-21-5-6-24-23(14-21)22(7-9-36-24)31(46)40-17-26(43)41-18-32(33,34)15-20(41)16-35/h5-7,9,14,19-20,38-39H,3-4,8,10-13,15,17-18H2,1-2H3,(H,37,42)(H,40,46). The summed E-state index contributed by atoms with van der Waals surface area (Å²) < 4.78 is 33.3. The maximum absolute atomic E-state index is 13.7. The van der Waals surface area contributed by atoms with Crippen LogP contribution >= 0.6 is 0 Å². The fourth-order valence-electron chi connectivity index (χ4n) is 5.15. The number of nitrogens with one attached hydrogen (secondary N) is 4. The highest BCUT2D eigenvalue weighted by Crippen LogP contribution is 2.31. The van der Waals surface area contributed by atoms with Crippen molar-refractivity contribution in [3.63, 3.8) is 0 Å². The number of ether oxygens (including phenoxy) is 1. The molecule has 1 atom stereocenters. The van der Waals surface area contributed by atoms with Crippen LogP contribution in [0, 0.1) is 17.2 Å². The number of amides is 3. The first-order valence-corrected chi connectivity index (χ1v) is 15.3. The van der Waals surface area contributed by atoms with E-state index in [4.69, 9.17) is 10.00 Å². The molecule has 0 aliphatic carbocycles. The second-order valence-corrected chi connectivity index (χ2v) is 11.7. The van der Waals surface area contributed by atoms with Gasteiger partial charge in [0, 0.05) is 44.1 Å². The van der Waals surface area contributed by atoms with Crippen molar-refractivity contribution in [1.82, 2.24) is 20.5 Å². The van der Waals surface area contributed by atoms with E-state index in [-0.39, 0.29) is 28.8 Å². The summed E-state index contributed by atoms with van der Waals surface area (Å²) in [5.74, 6) is -3.92. The fourth-order valence-corrected chi connectivity index (χ4v) is 5.15. The molecule has 1 saturated heterocycles. The molecule has 3 amide bonds. The van der Waals surface area contributed by atoms with Gasteiger partial charge < -0.3 is 30.9 Å². The number of fused-ring (bicyclic) bond motifs is 1. The Morgan fingerprint density at radius 1 is 1.06 bits per heavy atom. The van der Waals surface area contributed by atoms with Gasteiger partial charge in [-0.2, -0.15) is 5.26 Å². The summed E-state index contributed by atoms with van der Waals surface area (Å²) >= 11 is 0. The number of benzene rings is 1. The first-order chi connectivity index (χ1) is 22.4. The Balaban J connectivity index is 1.22. The lowest BCUT2D eigenvalue weighted by Gasteiger charge is -2.19. The minimum Gasteiger partial charge on any atom is -0.494 e. The van der Waals surface area contributed by atoms with Gasteiger partial charge in [-0.15, -0.1) is 0 Å². The minimum absolute atomic E-state index is 0.0745. The second kappa shape index (κ2) is 15.4. The van der Waals surface area contributed by atoms with Crippen LogP contribution in [0.1, 0.15) is 49.9 Å². The van der Waals surface area contributed by atoms with Crippen LogP contribution in [0.4, 0.5) is 20.2 Å². The largest absolute Gasteiger partial charge is 0.494 e. The third-order valence-corrected chi connectivity index (χ3v) is 7.49. The van der Waals surface area contributed by atoms with Crippen molar-refractivity contribution in [1.29, 1.82) is 5.26 Å². The average Bonchev–Trinajstić information content (AvgIpc) is 3.37. The summed E-state index contributed by atoms with van der Waals surface area (Å²) in [5, 5.41) is 20.7. The number of halogens is 2. The van der Waals surface area contributed by atoms with Crippen LogP contribution in [-0.2, 0) is 9.59 Å². The number of aromatic nitrogens is 1. The normalized spacial score (nSPS) is 15.4. The maximum Gasteiger partial charge on any atom is 0.268 e. The molecule has 4 rings (SSSR count). The number of rotatable bonds is 16. The molecule has 47 heavy (non-hydrogen) atoms. The van der Waals surface area contributed by atoms with Gasteiger partial charge in [-0.05, 0) is 43.0 Å². The Morgan fingerprint density at radius 3 is 2.49 bits per heavy atom. The van der Waals surface area contributed by atoms with Gasteiger partial charge in [0.2, 0.25) is 11.8 Å². The van der Waals surface area contributed by atoms with Crippen LogP contribution < -0.4 is 36.9 Å². The predicted molar refractivity (Wildman–Crippen MR) is 170 cm³/mol. The third kappa shape index (κ3) is 8.99. The summed E-state index contributed by atoms with van der Waals surface area (Å²) in [6.07, 6.45) is 2.33. The molecular formula is C32H37F2N7O6. The number of pyridine rings is 1. The number of hydrogen-bond donors (Lipinski definition) is 4. The number of nitrogens with zero attached hydrogens (tertiary/aromatic N) is 3. The van der Waals surface area contributed by atoms with Crippen LogP contribution in [0.15, 0.2) is 40.1 Å². The molecule has 1 aliphatic rings. The van der Waals surface area contributed by atoms with E-state index in [1.807, 2.05) is 13.8 Å². The maximum atomic E-state index is 13.7. The van der Waals surface area contributed by atoms with Crippen LogP contribution in [-0.4, -0.2) is 78.9 Å². The van der Waals surface area contributed by atoms with Crippen molar-refractivity contribution in [2.75, 3.05) is 50.0 Å². The molecule has 1 fully saturated rings. The van der Waals surface area contributed by atoms with Crippen molar-refractivity contribution < 1.29 is 27.9 Å². The lowest BCUT2D eigenvalue weighted by Crippen LogP contribution is -2.43. The predicted octanol–water partition coefficient (Wildman–Crippen LogP) is 2.17. The summed E-state index contributed by atoms with van der Waals surface area (Å²) in [6.45, 7) is 3.84. The minimum atomic E-state index is -3.16. The van der Waals surface area contributed by atoms with Crippen molar-refractivity contribution in [3.8, 4) is 11.8 Å². The Morgan fingerprint density at radius 2 is 1.79 bits per heavy atom. The lowest BCUT2D eigenvalue weighted by atomic mass is 10.1. The molecular weight excluding hydrogens is 616 g/mol. The summed E-state index contributed by atoms with van der Waals surface area (Å²) in [7, 11) is 0. The molecule has 250 valence electrons. The molecule has 15 heteroatoms. The number of alkyl halides is 2. The molecule has 13 nitrogen and oxygen atoms in total. The highest BCUT2D eigenvalue weighted by atomic mass is 19.3. The zero-order valence-corrected chi connectivity index (χ0v) is 26.2. The molecule has 3 aromatic rings. The lowest BCUT2D eigenvalue weighted by molar-refractivity contribution is -0.131. The number of anilines is 2. The van der Waals surface area contributed by atoms with Crippen molar-refractivity contribution >= 4 is 40.0 Å². The number of hydrogen-bond acceptors (Lipinski definition) is 10. The van der Waals surface area contributed by atoms with Gasteiger partial charge in [0.15, 0.2) is 0 Å². The van der Waals surface area contributed by atoms with E-state index in [1.165, 1.54) is 12.3 Å². The molecule has 2 aromatic carbocycles. The van der Waals surface area contributed by atoms with E-state index in [1.54, 1.807) is 24.3 Å². The highest BCUT2D eigenvalue weighted by Gasteiger charge is 2.47. The molecule has 2 heterocycles. The average molecular weight is 654 g/mol. The van der Waals surface area contributed by atoms with Gasteiger partial charge in [-0.25, -0.2) is 8.78 Å². The van der Waals surface area contributed by atoms with E-state index in [0.717, 1.165) is 4.90 Å². The molecule has 0 saturated carbocycles. The molecule has 0 spiro atoms. The summed E-state index contributed by atoms with van der Waals surface area (Å²) in [6, 6.07) is 6.92. The first kappa shape index (κ1) is 34.7. The summed E-state index contributed by atoms with van der Waals surface area (Å²) in [5.41, 5.74) is -0.0512. The van der Waals surface area contributed by atoms with Crippen molar-refractivity contribution in [2.45, 2.75) is 51.5 Å². The van der Waals surface area contributed by atoms with Crippen LogP contribution in [0.5, 0.6) is 5.75 Å². The topological polar surface area (TPSA) is 183 Å². The van der Waals surface area contributed by atoms with Crippen molar-refractivity contribution in [3.05, 3.63) is 56.5 Å². The molecule has 0 bridgehead atoms. The van der Waals surface area contributed by atoms with E-state index in [0.29, 0.717) is 62.2 Å². The van der Waals surface area contributed by atoms with E-state index < -0.39 is 54.1 Å². The smallest absolute Gasteiger partial charge is 0.268 e.